The van der Waals surface area contributed by atoms with E-state index in [0.29, 0.717) is 0 Å². The Morgan fingerprint density at radius 3 is 3.00 bits per heavy atom. The highest BCUT2D eigenvalue weighted by Crippen LogP contribution is 2.32. The van der Waals surface area contributed by atoms with Gasteiger partial charge in [-0.15, -0.1) is 10.2 Å². The predicted octanol–water partition coefficient (Wildman–Crippen LogP) is 2.15. The lowest BCUT2D eigenvalue weighted by atomic mass is 10.2. The highest BCUT2D eigenvalue weighted by molar-refractivity contribution is 7.99. The van der Waals surface area contributed by atoms with Crippen molar-refractivity contribution in [2.75, 3.05) is 5.75 Å². The average Bonchev–Trinajstić information content (AvgIpc) is 2.74. The van der Waals surface area contributed by atoms with Crippen molar-refractivity contribution in [2.24, 2.45) is 0 Å². The number of benzene rings is 1. The zero-order valence-corrected chi connectivity index (χ0v) is 9.44. The first-order valence-corrected chi connectivity index (χ1v) is 6.19. The van der Waals surface area contributed by atoms with Gasteiger partial charge in [0.05, 0.1) is 5.56 Å². The minimum Gasteiger partial charge on any atom is -0.507 e. The summed E-state index contributed by atoms with van der Waals surface area (Å²) in [5, 5.41) is 19.0. The minimum absolute atomic E-state index is 0.258. The SMILES string of the molecule is Oc1ccccc1-c1nnc2n1CCCS2. The van der Waals surface area contributed by atoms with Gasteiger partial charge in [0, 0.05) is 12.3 Å². The van der Waals surface area contributed by atoms with Crippen molar-refractivity contribution in [1.82, 2.24) is 14.8 Å². The monoisotopic (exact) mass is 233 g/mol. The predicted molar refractivity (Wildman–Crippen MR) is 62.5 cm³/mol. The van der Waals surface area contributed by atoms with Crippen molar-refractivity contribution in [1.29, 1.82) is 0 Å². The second kappa shape index (κ2) is 3.83. The van der Waals surface area contributed by atoms with Gasteiger partial charge in [-0.1, -0.05) is 23.9 Å². The van der Waals surface area contributed by atoms with Gasteiger partial charge in [0.15, 0.2) is 11.0 Å². The number of para-hydroxylation sites is 1. The Morgan fingerprint density at radius 2 is 2.12 bits per heavy atom. The van der Waals surface area contributed by atoms with Gasteiger partial charge in [-0.2, -0.15) is 0 Å². The molecule has 4 nitrogen and oxygen atoms in total. The molecule has 5 heteroatoms. The molecule has 0 unspecified atom stereocenters. The molecule has 0 saturated carbocycles. The van der Waals surface area contributed by atoms with Crippen LogP contribution < -0.4 is 0 Å². The van der Waals surface area contributed by atoms with Gasteiger partial charge < -0.3 is 9.67 Å². The maximum absolute atomic E-state index is 9.80. The summed E-state index contributed by atoms with van der Waals surface area (Å²) in [7, 11) is 0. The molecule has 0 radical (unpaired) electrons. The van der Waals surface area contributed by atoms with Gasteiger partial charge in [-0.25, -0.2) is 0 Å². The van der Waals surface area contributed by atoms with Crippen molar-refractivity contribution >= 4 is 11.8 Å². The first kappa shape index (κ1) is 9.72. The third-order valence-corrected chi connectivity index (χ3v) is 3.67. The Labute approximate surface area is 97.3 Å². The number of hydrogen-bond acceptors (Lipinski definition) is 4. The van der Waals surface area contributed by atoms with Gasteiger partial charge in [-0.3, -0.25) is 0 Å². The van der Waals surface area contributed by atoms with Crippen LogP contribution in [0, 0.1) is 0 Å². The van der Waals surface area contributed by atoms with Gasteiger partial charge in [0.1, 0.15) is 5.75 Å². The van der Waals surface area contributed by atoms with E-state index < -0.39 is 0 Å². The first-order valence-electron chi connectivity index (χ1n) is 5.20. The first-order chi connectivity index (χ1) is 7.86. The maximum Gasteiger partial charge on any atom is 0.191 e. The molecule has 0 fully saturated rings. The molecule has 3 rings (SSSR count). The van der Waals surface area contributed by atoms with Crippen LogP contribution in [0.4, 0.5) is 0 Å². The second-order valence-corrected chi connectivity index (χ2v) is 4.74. The number of thioether (sulfide) groups is 1. The molecule has 0 amide bonds. The maximum atomic E-state index is 9.80. The number of phenolic OH excluding ortho intramolecular Hbond substituents is 1. The smallest absolute Gasteiger partial charge is 0.191 e. The standard InChI is InChI=1S/C11H11N3OS/c15-9-5-2-1-4-8(9)10-12-13-11-14(10)6-3-7-16-11/h1-2,4-5,15H,3,6-7H2. The molecule has 82 valence electrons. The third-order valence-electron chi connectivity index (χ3n) is 2.62. The number of fused-ring (bicyclic) bond motifs is 1. The van der Waals surface area contributed by atoms with Crippen molar-refractivity contribution in [2.45, 2.75) is 18.1 Å². The Morgan fingerprint density at radius 1 is 1.25 bits per heavy atom. The van der Waals surface area contributed by atoms with Crippen LogP contribution >= 0.6 is 11.8 Å². The largest absolute Gasteiger partial charge is 0.507 e. The molecule has 0 spiro atoms. The second-order valence-electron chi connectivity index (χ2n) is 3.68. The van der Waals surface area contributed by atoms with Crippen molar-refractivity contribution < 1.29 is 5.11 Å². The Hall–Kier alpha value is -1.49. The van der Waals surface area contributed by atoms with E-state index in [1.807, 2.05) is 12.1 Å². The lowest BCUT2D eigenvalue weighted by Crippen LogP contribution is -2.08. The highest BCUT2D eigenvalue weighted by atomic mass is 32.2. The average molecular weight is 233 g/mol. The summed E-state index contributed by atoms with van der Waals surface area (Å²) in [6.45, 7) is 0.930. The molecular weight excluding hydrogens is 222 g/mol. The summed E-state index contributed by atoms with van der Waals surface area (Å²) in [6.07, 6.45) is 1.12. The van der Waals surface area contributed by atoms with Gasteiger partial charge in [-0.05, 0) is 18.6 Å². The molecule has 0 aliphatic carbocycles. The number of phenols is 1. The molecule has 0 saturated heterocycles. The molecule has 1 aromatic carbocycles. The molecule has 16 heavy (non-hydrogen) atoms. The summed E-state index contributed by atoms with van der Waals surface area (Å²) in [4.78, 5) is 0. The molecule has 1 N–H and O–H groups in total. The highest BCUT2D eigenvalue weighted by Gasteiger charge is 2.18. The third kappa shape index (κ3) is 1.48. The Balaban J connectivity index is 2.13. The number of aromatic nitrogens is 3. The molecule has 1 aliphatic heterocycles. The topological polar surface area (TPSA) is 50.9 Å². The quantitative estimate of drug-likeness (QED) is 0.820. The number of hydrogen-bond donors (Lipinski definition) is 1. The van der Waals surface area contributed by atoms with Gasteiger partial charge >= 0.3 is 0 Å². The van der Waals surface area contributed by atoms with Gasteiger partial charge in [0.25, 0.3) is 0 Å². The van der Waals surface area contributed by atoms with Crippen LogP contribution in [0.1, 0.15) is 6.42 Å². The summed E-state index contributed by atoms with van der Waals surface area (Å²) in [5.74, 6) is 2.12. The van der Waals surface area contributed by atoms with Crippen molar-refractivity contribution in [3.05, 3.63) is 24.3 Å². The summed E-state index contributed by atoms with van der Waals surface area (Å²) in [5.41, 5.74) is 0.753. The molecule has 2 aromatic rings. The molecule has 2 heterocycles. The van der Waals surface area contributed by atoms with Crippen LogP contribution in [0.15, 0.2) is 29.4 Å². The van der Waals surface area contributed by atoms with Crippen LogP contribution in [0.25, 0.3) is 11.4 Å². The van der Waals surface area contributed by atoms with E-state index >= 15 is 0 Å². The fraction of sp³-hybridized carbons (Fsp3) is 0.273. The van der Waals surface area contributed by atoms with Crippen LogP contribution in [0.2, 0.25) is 0 Å². The normalized spacial score (nSPS) is 14.8. The number of rotatable bonds is 1. The van der Waals surface area contributed by atoms with Crippen LogP contribution in [0.3, 0.4) is 0 Å². The molecule has 1 aliphatic rings. The molecule has 1 aromatic heterocycles. The van der Waals surface area contributed by atoms with Crippen LogP contribution in [0.5, 0.6) is 5.75 Å². The van der Waals surface area contributed by atoms with E-state index in [9.17, 15) is 5.11 Å². The van der Waals surface area contributed by atoms with E-state index in [0.717, 1.165) is 35.3 Å². The van der Waals surface area contributed by atoms with E-state index in [1.54, 1.807) is 23.9 Å². The van der Waals surface area contributed by atoms with Crippen LogP contribution in [-0.2, 0) is 6.54 Å². The summed E-state index contributed by atoms with van der Waals surface area (Å²) in [6, 6.07) is 7.24. The number of nitrogens with zero attached hydrogens (tertiary/aromatic N) is 3. The van der Waals surface area contributed by atoms with Crippen LogP contribution in [-0.4, -0.2) is 25.6 Å². The van der Waals surface area contributed by atoms with E-state index in [4.69, 9.17) is 0 Å². The van der Waals surface area contributed by atoms with E-state index in [1.165, 1.54) is 0 Å². The molecule has 0 bridgehead atoms. The fourth-order valence-corrected chi connectivity index (χ4v) is 2.73. The fourth-order valence-electron chi connectivity index (χ4n) is 1.85. The minimum atomic E-state index is 0.258. The number of aromatic hydroxyl groups is 1. The zero-order valence-electron chi connectivity index (χ0n) is 8.63. The molecular formula is C11H11N3OS. The van der Waals surface area contributed by atoms with E-state index in [-0.39, 0.29) is 5.75 Å². The zero-order chi connectivity index (χ0) is 11.0. The lowest BCUT2D eigenvalue weighted by Gasteiger charge is -2.14. The summed E-state index contributed by atoms with van der Waals surface area (Å²) >= 11 is 1.72. The Kier molecular flexibility index (Phi) is 2.32. The van der Waals surface area contributed by atoms with Gasteiger partial charge in [0.2, 0.25) is 0 Å². The lowest BCUT2D eigenvalue weighted by molar-refractivity contribution is 0.476. The molecule has 0 atom stereocenters. The van der Waals surface area contributed by atoms with E-state index in [2.05, 4.69) is 14.8 Å². The summed E-state index contributed by atoms with van der Waals surface area (Å²) < 4.78 is 2.07. The van der Waals surface area contributed by atoms with Crippen molar-refractivity contribution in [3.8, 4) is 17.1 Å². The van der Waals surface area contributed by atoms with Crippen molar-refractivity contribution in [3.63, 3.8) is 0 Å². The Bertz CT molecular complexity index is 524.